The first kappa shape index (κ1) is 20.8. The van der Waals surface area contributed by atoms with Crippen molar-refractivity contribution in [1.29, 1.82) is 0 Å². The van der Waals surface area contributed by atoms with E-state index >= 15 is 0 Å². The number of carbonyl (C=O) groups is 1. The van der Waals surface area contributed by atoms with E-state index in [-0.39, 0.29) is 28.0 Å². The summed E-state index contributed by atoms with van der Waals surface area (Å²) in [5.74, 6) is 0.430. The van der Waals surface area contributed by atoms with Gasteiger partial charge in [-0.2, -0.15) is 0 Å². The molecule has 0 saturated heterocycles. The number of aryl methyl sites for hydroxylation is 1. The number of nitro benzene ring substituents is 1. The number of benzene rings is 3. The van der Waals surface area contributed by atoms with Crippen LogP contribution in [-0.2, 0) is 0 Å². The van der Waals surface area contributed by atoms with Gasteiger partial charge in [0.15, 0.2) is 0 Å². The first-order chi connectivity index (χ1) is 15.4. The SMILES string of the molecule is COc1ccccc1-c1c(C)oc2cc(OC(=O)c3ccc([N+](=O)[O-])cc3)ccc2c1=O. The van der Waals surface area contributed by atoms with E-state index in [2.05, 4.69) is 0 Å². The van der Waals surface area contributed by atoms with Gasteiger partial charge < -0.3 is 13.9 Å². The number of nitro groups is 1. The average molecular weight is 431 g/mol. The Morgan fingerprint density at radius 3 is 2.44 bits per heavy atom. The number of para-hydroxylation sites is 1. The quantitative estimate of drug-likeness (QED) is 0.191. The summed E-state index contributed by atoms with van der Waals surface area (Å²) < 4.78 is 16.6. The summed E-state index contributed by atoms with van der Waals surface area (Å²) >= 11 is 0. The van der Waals surface area contributed by atoms with Gasteiger partial charge in [-0.25, -0.2) is 4.79 Å². The second-order valence-corrected chi connectivity index (χ2v) is 6.91. The maximum Gasteiger partial charge on any atom is 0.343 e. The van der Waals surface area contributed by atoms with Gasteiger partial charge in [0.2, 0.25) is 5.43 Å². The highest BCUT2D eigenvalue weighted by atomic mass is 16.6. The van der Waals surface area contributed by atoms with Crippen molar-refractivity contribution in [2.45, 2.75) is 6.92 Å². The lowest BCUT2D eigenvalue weighted by atomic mass is 10.0. The predicted octanol–water partition coefficient (Wildman–Crippen LogP) is 4.90. The largest absolute Gasteiger partial charge is 0.496 e. The molecule has 0 bridgehead atoms. The smallest absolute Gasteiger partial charge is 0.343 e. The zero-order valence-electron chi connectivity index (χ0n) is 17.2. The lowest BCUT2D eigenvalue weighted by Gasteiger charge is -2.11. The molecule has 0 amide bonds. The van der Waals surface area contributed by atoms with Crippen LogP contribution < -0.4 is 14.9 Å². The number of nitrogens with zero attached hydrogens (tertiary/aromatic N) is 1. The van der Waals surface area contributed by atoms with E-state index < -0.39 is 10.9 Å². The molecular formula is C24H17NO7. The first-order valence-corrected chi connectivity index (χ1v) is 9.56. The minimum Gasteiger partial charge on any atom is -0.496 e. The third-order valence-electron chi connectivity index (χ3n) is 4.94. The molecular weight excluding hydrogens is 414 g/mol. The molecule has 160 valence electrons. The number of methoxy groups -OCH3 is 1. The molecule has 4 aromatic rings. The van der Waals surface area contributed by atoms with Gasteiger partial charge in [-0.15, -0.1) is 0 Å². The van der Waals surface area contributed by atoms with Crippen molar-refractivity contribution in [3.8, 4) is 22.6 Å². The molecule has 0 N–H and O–H groups in total. The minimum absolute atomic E-state index is 0.129. The van der Waals surface area contributed by atoms with Gasteiger partial charge >= 0.3 is 5.97 Å². The predicted molar refractivity (Wildman–Crippen MR) is 117 cm³/mol. The number of rotatable bonds is 5. The molecule has 0 atom stereocenters. The van der Waals surface area contributed by atoms with Crippen molar-refractivity contribution in [3.63, 3.8) is 0 Å². The zero-order chi connectivity index (χ0) is 22.8. The van der Waals surface area contributed by atoms with Crippen LogP contribution in [0, 0.1) is 17.0 Å². The standard InChI is InChI=1S/C24H17NO7/c1-14-22(18-5-3-4-6-20(18)30-2)23(26)19-12-11-17(13-21(19)31-14)32-24(27)15-7-9-16(10-8-15)25(28)29/h3-13H,1-2H3. The van der Waals surface area contributed by atoms with Crippen molar-refractivity contribution in [1.82, 2.24) is 0 Å². The number of non-ortho nitro benzene ring substituents is 1. The first-order valence-electron chi connectivity index (χ1n) is 9.56. The fourth-order valence-electron chi connectivity index (χ4n) is 3.40. The van der Waals surface area contributed by atoms with Gasteiger partial charge in [-0.3, -0.25) is 14.9 Å². The summed E-state index contributed by atoms with van der Waals surface area (Å²) in [5.41, 5.74) is 1.07. The van der Waals surface area contributed by atoms with E-state index in [4.69, 9.17) is 13.9 Å². The topological polar surface area (TPSA) is 109 Å². The van der Waals surface area contributed by atoms with E-state index in [9.17, 15) is 19.7 Å². The van der Waals surface area contributed by atoms with E-state index in [1.807, 2.05) is 12.1 Å². The lowest BCUT2D eigenvalue weighted by Crippen LogP contribution is -2.10. The monoisotopic (exact) mass is 431 g/mol. The van der Waals surface area contributed by atoms with Crippen LogP contribution >= 0.6 is 0 Å². The average Bonchev–Trinajstić information content (AvgIpc) is 2.79. The van der Waals surface area contributed by atoms with E-state index in [1.54, 1.807) is 19.1 Å². The van der Waals surface area contributed by atoms with Gasteiger partial charge in [-0.1, -0.05) is 18.2 Å². The summed E-state index contributed by atoms with van der Waals surface area (Å²) in [6, 6.07) is 16.7. The van der Waals surface area contributed by atoms with E-state index in [0.717, 1.165) is 0 Å². The van der Waals surface area contributed by atoms with Crippen LogP contribution in [0.15, 0.2) is 75.9 Å². The third kappa shape index (κ3) is 3.81. The van der Waals surface area contributed by atoms with E-state index in [1.165, 1.54) is 49.6 Å². The van der Waals surface area contributed by atoms with Crippen molar-refractivity contribution >= 4 is 22.6 Å². The van der Waals surface area contributed by atoms with Gasteiger partial charge in [0, 0.05) is 23.8 Å². The Morgan fingerprint density at radius 1 is 1.03 bits per heavy atom. The maximum absolute atomic E-state index is 13.2. The fraction of sp³-hybridized carbons (Fsp3) is 0.0833. The van der Waals surface area contributed by atoms with Crippen molar-refractivity contribution in [2.24, 2.45) is 0 Å². The van der Waals surface area contributed by atoms with Gasteiger partial charge in [0.1, 0.15) is 22.8 Å². The molecule has 3 aromatic carbocycles. The number of hydrogen-bond donors (Lipinski definition) is 0. The minimum atomic E-state index is -0.691. The third-order valence-corrected chi connectivity index (χ3v) is 4.94. The highest BCUT2D eigenvalue weighted by Crippen LogP contribution is 2.32. The van der Waals surface area contributed by atoms with Gasteiger partial charge in [0.05, 0.1) is 28.5 Å². The Morgan fingerprint density at radius 2 is 1.75 bits per heavy atom. The Labute approximate surface area is 181 Å². The molecule has 1 aromatic heterocycles. The zero-order valence-corrected chi connectivity index (χ0v) is 17.2. The fourth-order valence-corrected chi connectivity index (χ4v) is 3.40. The molecule has 0 aliphatic heterocycles. The second-order valence-electron chi connectivity index (χ2n) is 6.91. The van der Waals surface area contributed by atoms with Crippen molar-refractivity contribution < 1.29 is 23.6 Å². The highest BCUT2D eigenvalue weighted by molar-refractivity contribution is 5.92. The molecule has 4 rings (SSSR count). The summed E-state index contributed by atoms with van der Waals surface area (Å²) in [4.78, 5) is 35.8. The van der Waals surface area contributed by atoms with Crippen LogP contribution in [0.3, 0.4) is 0 Å². The van der Waals surface area contributed by atoms with Gasteiger partial charge in [0.25, 0.3) is 5.69 Å². The number of hydrogen-bond acceptors (Lipinski definition) is 7. The van der Waals surface area contributed by atoms with E-state index in [0.29, 0.717) is 28.0 Å². The Balaban J connectivity index is 1.69. The molecule has 0 unspecified atom stereocenters. The molecule has 8 nitrogen and oxygen atoms in total. The van der Waals surface area contributed by atoms with Crippen LogP contribution in [0.4, 0.5) is 5.69 Å². The molecule has 0 radical (unpaired) electrons. The number of esters is 1. The van der Waals surface area contributed by atoms with Crippen molar-refractivity contribution in [2.75, 3.05) is 7.11 Å². The maximum atomic E-state index is 13.2. The summed E-state index contributed by atoms with van der Waals surface area (Å²) in [6.45, 7) is 1.68. The highest BCUT2D eigenvalue weighted by Gasteiger charge is 2.18. The van der Waals surface area contributed by atoms with Crippen LogP contribution in [0.2, 0.25) is 0 Å². The molecule has 32 heavy (non-hydrogen) atoms. The normalized spacial score (nSPS) is 10.7. The Bertz CT molecular complexity index is 1400. The van der Waals surface area contributed by atoms with Crippen LogP contribution in [0.5, 0.6) is 11.5 Å². The molecule has 0 saturated carbocycles. The number of fused-ring (bicyclic) bond motifs is 1. The number of carbonyl (C=O) groups excluding carboxylic acids is 1. The van der Waals surface area contributed by atoms with Gasteiger partial charge in [-0.05, 0) is 37.3 Å². The van der Waals surface area contributed by atoms with Crippen molar-refractivity contribution in [3.05, 3.63) is 98.4 Å². The Hall–Kier alpha value is -4.46. The second kappa shape index (κ2) is 8.35. The number of ether oxygens (including phenoxy) is 2. The summed E-state index contributed by atoms with van der Waals surface area (Å²) in [6.07, 6.45) is 0. The summed E-state index contributed by atoms with van der Waals surface area (Å²) in [5, 5.41) is 11.1. The van der Waals surface area contributed by atoms with Crippen LogP contribution in [0.1, 0.15) is 16.1 Å². The molecule has 0 aliphatic carbocycles. The lowest BCUT2D eigenvalue weighted by molar-refractivity contribution is -0.384. The molecule has 0 aliphatic rings. The molecule has 8 heteroatoms. The molecule has 0 fully saturated rings. The van der Waals surface area contributed by atoms with Crippen LogP contribution in [-0.4, -0.2) is 18.0 Å². The molecule has 0 spiro atoms. The van der Waals surface area contributed by atoms with Crippen LogP contribution in [0.25, 0.3) is 22.1 Å². The molecule has 1 heterocycles. The summed E-state index contributed by atoms with van der Waals surface area (Å²) in [7, 11) is 1.53. The Kier molecular flexibility index (Phi) is 5.43.